The molecular formula is C15H21NO3. The Bertz CT molecular complexity index is 388. The number of hydrogen-bond acceptors (Lipinski definition) is 3. The van der Waals surface area contributed by atoms with E-state index in [9.17, 15) is 4.79 Å². The molecule has 0 unspecified atom stereocenters. The molecule has 1 heterocycles. The molecule has 0 aliphatic carbocycles. The lowest BCUT2D eigenvalue weighted by Gasteiger charge is -2.20. The minimum absolute atomic E-state index is 0.0409. The molecule has 0 spiro atoms. The van der Waals surface area contributed by atoms with Gasteiger partial charge in [0.1, 0.15) is 0 Å². The summed E-state index contributed by atoms with van der Waals surface area (Å²) in [6.07, 6.45) is 0.841. The van der Waals surface area contributed by atoms with Gasteiger partial charge in [-0.15, -0.1) is 0 Å². The maximum atomic E-state index is 12.0. The van der Waals surface area contributed by atoms with Gasteiger partial charge in [0.25, 0.3) is 0 Å². The lowest BCUT2D eigenvalue weighted by atomic mass is 10.1. The summed E-state index contributed by atoms with van der Waals surface area (Å²) in [4.78, 5) is 13.7. The molecule has 1 saturated heterocycles. The molecule has 1 amide bonds. The van der Waals surface area contributed by atoms with Crippen molar-refractivity contribution in [2.45, 2.75) is 13.0 Å². The monoisotopic (exact) mass is 263 g/mol. The fraction of sp³-hybridized carbons (Fsp3) is 0.533. The second-order valence-corrected chi connectivity index (χ2v) is 4.86. The van der Waals surface area contributed by atoms with Crippen LogP contribution in [0, 0.1) is 5.92 Å². The standard InChI is InChI=1S/C15H21NO3/c1-16(15(17)14-7-9-18-12-14)8-10-19-11-13-5-3-2-4-6-13/h2-6,14H,7-12H2,1H3/t14-/m1/s1. The SMILES string of the molecule is CN(CCOCc1ccccc1)C(=O)[C@@H]1CCOC1. The topological polar surface area (TPSA) is 38.8 Å². The predicted molar refractivity (Wildman–Crippen MR) is 72.7 cm³/mol. The first kappa shape index (κ1) is 14.0. The van der Waals surface area contributed by atoms with E-state index in [0.29, 0.717) is 33.0 Å². The number of carbonyl (C=O) groups excluding carboxylic acids is 1. The zero-order valence-corrected chi connectivity index (χ0v) is 11.4. The minimum Gasteiger partial charge on any atom is -0.381 e. The number of hydrogen-bond donors (Lipinski definition) is 0. The van der Waals surface area contributed by atoms with Crippen molar-refractivity contribution in [3.05, 3.63) is 35.9 Å². The van der Waals surface area contributed by atoms with E-state index in [-0.39, 0.29) is 11.8 Å². The van der Waals surface area contributed by atoms with Crippen molar-refractivity contribution in [2.75, 3.05) is 33.4 Å². The van der Waals surface area contributed by atoms with Crippen molar-refractivity contribution in [1.29, 1.82) is 0 Å². The molecule has 1 fully saturated rings. The minimum atomic E-state index is 0.0409. The molecule has 104 valence electrons. The van der Waals surface area contributed by atoms with Gasteiger partial charge in [0.05, 0.1) is 25.7 Å². The maximum Gasteiger partial charge on any atom is 0.227 e. The number of nitrogens with zero attached hydrogens (tertiary/aromatic N) is 1. The molecule has 1 aromatic carbocycles. The molecule has 0 radical (unpaired) electrons. The van der Waals surface area contributed by atoms with Gasteiger partial charge in [-0.05, 0) is 12.0 Å². The Labute approximate surface area is 114 Å². The van der Waals surface area contributed by atoms with E-state index in [1.807, 2.05) is 37.4 Å². The molecule has 1 aliphatic rings. The maximum absolute atomic E-state index is 12.0. The van der Waals surface area contributed by atoms with Crippen LogP contribution in [0.25, 0.3) is 0 Å². The Morgan fingerprint density at radius 1 is 1.42 bits per heavy atom. The van der Waals surface area contributed by atoms with Crippen LogP contribution >= 0.6 is 0 Å². The third kappa shape index (κ3) is 4.33. The lowest BCUT2D eigenvalue weighted by Crippen LogP contribution is -2.35. The molecule has 1 atom stereocenters. The molecule has 1 aromatic rings. The van der Waals surface area contributed by atoms with Crippen LogP contribution in [0.2, 0.25) is 0 Å². The van der Waals surface area contributed by atoms with Crippen LogP contribution in [-0.2, 0) is 20.9 Å². The number of ether oxygens (including phenoxy) is 2. The number of carbonyl (C=O) groups is 1. The second kappa shape index (κ2) is 7.26. The van der Waals surface area contributed by atoms with Gasteiger partial charge in [-0.3, -0.25) is 4.79 Å². The summed E-state index contributed by atoms with van der Waals surface area (Å²) >= 11 is 0. The highest BCUT2D eigenvalue weighted by Gasteiger charge is 2.25. The molecule has 4 heteroatoms. The number of amides is 1. The smallest absolute Gasteiger partial charge is 0.227 e. The van der Waals surface area contributed by atoms with Crippen LogP contribution in [0.15, 0.2) is 30.3 Å². The van der Waals surface area contributed by atoms with Gasteiger partial charge in [-0.25, -0.2) is 0 Å². The van der Waals surface area contributed by atoms with Gasteiger partial charge in [0, 0.05) is 20.2 Å². The highest BCUT2D eigenvalue weighted by atomic mass is 16.5. The molecule has 19 heavy (non-hydrogen) atoms. The summed E-state index contributed by atoms with van der Waals surface area (Å²) in [6.45, 7) is 3.05. The average molecular weight is 263 g/mol. The normalized spacial score (nSPS) is 18.5. The van der Waals surface area contributed by atoms with E-state index < -0.39 is 0 Å². The molecule has 4 nitrogen and oxygen atoms in total. The van der Waals surface area contributed by atoms with Crippen LogP contribution in [0.3, 0.4) is 0 Å². The molecule has 0 aromatic heterocycles. The Morgan fingerprint density at radius 3 is 2.89 bits per heavy atom. The number of rotatable bonds is 6. The summed E-state index contributed by atoms with van der Waals surface area (Å²) in [5.41, 5.74) is 1.15. The Hall–Kier alpha value is -1.39. The van der Waals surface area contributed by atoms with Crippen molar-refractivity contribution < 1.29 is 14.3 Å². The van der Waals surface area contributed by atoms with Gasteiger partial charge in [-0.1, -0.05) is 30.3 Å². The van der Waals surface area contributed by atoms with Crippen LogP contribution in [-0.4, -0.2) is 44.2 Å². The number of benzene rings is 1. The number of likely N-dealkylation sites (N-methyl/N-ethyl adjacent to an activating group) is 1. The van der Waals surface area contributed by atoms with Crippen molar-refractivity contribution in [3.63, 3.8) is 0 Å². The zero-order valence-electron chi connectivity index (χ0n) is 11.4. The van der Waals surface area contributed by atoms with E-state index in [4.69, 9.17) is 9.47 Å². The first-order chi connectivity index (χ1) is 9.27. The highest BCUT2D eigenvalue weighted by Crippen LogP contribution is 2.14. The summed E-state index contributed by atoms with van der Waals surface area (Å²) in [6, 6.07) is 10.0. The lowest BCUT2D eigenvalue weighted by molar-refractivity contribution is -0.134. The predicted octanol–water partition coefficient (Wildman–Crippen LogP) is 1.70. The Kier molecular flexibility index (Phi) is 5.36. The fourth-order valence-corrected chi connectivity index (χ4v) is 2.12. The van der Waals surface area contributed by atoms with Gasteiger partial charge in [-0.2, -0.15) is 0 Å². The van der Waals surface area contributed by atoms with Gasteiger partial charge >= 0.3 is 0 Å². The van der Waals surface area contributed by atoms with Crippen molar-refractivity contribution >= 4 is 5.91 Å². The van der Waals surface area contributed by atoms with E-state index in [0.717, 1.165) is 12.0 Å². The summed E-state index contributed by atoms with van der Waals surface area (Å²) in [7, 11) is 1.83. The van der Waals surface area contributed by atoms with E-state index in [1.165, 1.54) is 0 Å². The first-order valence-electron chi connectivity index (χ1n) is 6.72. The van der Waals surface area contributed by atoms with E-state index in [1.54, 1.807) is 4.90 Å². The average Bonchev–Trinajstić information content (AvgIpc) is 2.98. The fourth-order valence-electron chi connectivity index (χ4n) is 2.12. The molecule has 2 rings (SSSR count). The van der Waals surface area contributed by atoms with Crippen LogP contribution in [0.5, 0.6) is 0 Å². The van der Waals surface area contributed by atoms with Crippen molar-refractivity contribution in [3.8, 4) is 0 Å². The van der Waals surface area contributed by atoms with Crippen LogP contribution in [0.4, 0.5) is 0 Å². The molecular weight excluding hydrogens is 242 g/mol. The van der Waals surface area contributed by atoms with Crippen LogP contribution in [0.1, 0.15) is 12.0 Å². The van der Waals surface area contributed by atoms with Crippen molar-refractivity contribution in [2.24, 2.45) is 5.92 Å². The zero-order chi connectivity index (χ0) is 13.5. The van der Waals surface area contributed by atoms with Crippen molar-refractivity contribution in [1.82, 2.24) is 4.90 Å². The largest absolute Gasteiger partial charge is 0.381 e. The highest BCUT2D eigenvalue weighted by molar-refractivity contribution is 5.78. The Balaban J connectivity index is 1.63. The molecule has 0 saturated carbocycles. The summed E-state index contributed by atoms with van der Waals surface area (Å²) in [5.74, 6) is 0.208. The quantitative estimate of drug-likeness (QED) is 0.733. The van der Waals surface area contributed by atoms with Gasteiger partial charge in [0.15, 0.2) is 0 Å². The second-order valence-electron chi connectivity index (χ2n) is 4.86. The van der Waals surface area contributed by atoms with E-state index in [2.05, 4.69) is 0 Å². The summed E-state index contributed by atoms with van der Waals surface area (Å²) < 4.78 is 10.8. The third-order valence-electron chi connectivity index (χ3n) is 3.34. The first-order valence-corrected chi connectivity index (χ1v) is 6.72. The van der Waals surface area contributed by atoms with Gasteiger partial charge in [0.2, 0.25) is 5.91 Å². The van der Waals surface area contributed by atoms with Crippen LogP contribution < -0.4 is 0 Å². The van der Waals surface area contributed by atoms with Gasteiger partial charge < -0.3 is 14.4 Å². The molecule has 1 aliphatic heterocycles. The third-order valence-corrected chi connectivity index (χ3v) is 3.34. The van der Waals surface area contributed by atoms with E-state index >= 15 is 0 Å². The molecule has 0 N–H and O–H groups in total. The Morgan fingerprint density at radius 2 is 2.21 bits per heavy atom. The molecule has 0 bridgehead atoms. The summed E-state index contributed by atoms with van der Waals surface area (Å²) in [5, 5.41) is 0.